The van der Waals surface area contributed by atoms with E-state index in [9.17, 15) is 19.8 Å². The SMILES string of the molecule is CC1CCCCC1.COC(=O)C12CCC(NCc3ccc4cc(O)ccc4n3)(CC1)CC2.O=C(O)C12CCC(NCc3ccc4cc(OC5CCCCC5)ccc4n3)(CC1)CC2. The van der Waals surface area contributed by atoms with Gasteiger partial charge in [-0.1, -0.05) is 57.6 Å². The van der Waals surface area contributed by atoms with Gasteiger partial charge >= 0.3 is 11.9 Å². The van der Waals surface area contributed by atoms with Gasteiger partial charge in [-0.15, -0.1) is 0 Å². The van der Waals surface area contributed by atoms with Crippen LogP contribution in [0.25, 0.3) is 21.8 Å². The third-order valence-corrected chi connectivity index (χ3v) is 16.1. The molecule has 4 N–H and O–H groups in total. The molecule has 8 fully saturated rings. The quantitative estimate of drug-likeness (QED) is 0.114. The Bertz CT molecular complexity index is 2130. The number of carbonyl (C=O) groups excluding carboxylic acids is 1. The lowest BCUT2D eigenvalue weighted by Gasteiger charge is -2.52. The molecule has 2 aromatic carbocycles. The highest BCUT2D eigenvalue weighted by molar-refractivity contribution is 5.81. The van der Waals surface area contributed by atoms with Gasteiger partial charge in [-0.3, -0.25) is 19.6 Å². The van der Waals surface area contributed by atoms with Crippen LogP contribution in [0.15, 0.2) is 60.7 Å². The summed E-state index contributed by atoms with van der Waals surface area (Å²) >= 11 is 0. The first-order chi connectivity index (χ1) is 30.0. The number of carbonyl (C=O) groups is 2. The van der Waals surface area contributed by atoms with Crippen molar-refractivity contribution in [3.05, 3.63) is 72.1 Å². The number of hydrogen-bond acceptors (Lipinski definition) is 9. The molecular weight excluding hydrogens is 777 g/mol. The van der Waals surface area contributed by atoms with E-state index in [4.69, 9.17) is 14.5 Å². The van der Waals surface area contributed by atoms with E-state index in [1.54, 1.807) is 12.1 Å². The van der Waals surface area contributed by atoms with Crippen LogP contribution < -0.4 is 15.4 Å². The van der Waals surface area contributed by atoms with Crippen LogP contribution in [0, 0.1) is 16.7 Å². The van der Waals surface area contributed by atoms with E-state index in [1.165, 1.54) is 58.5 Å². The van der Waals surface area contributed by atoms with Crippen LogP contribution in [0.2, 0.25) is 0 Å². The van der Waals surface area contributed by atoms with Gasteiger partial charge in [0.15, 0.2) is 0 Å². The highest BCUT2D eigenvalue weighted by atomic mass is 16.5. The number of nitrogens with one attached hydrogen (secondary N) is 2. The number of carboxylic acid groups (broad SMARTS) is 1. The zero-order valence-corrected chi connectivity index (χ0v) is 37.3. The van der Waals surface area contributed by atoms with Crippen LogP contribution in [0.5, 0.6) is 11.5 Å². The number of phenols is 1. The van der Waals surface area contributed by atoms with E-state index in [0.717, 1.165) is 148 Å². The normalized spacial score (nSPS) is 28.4. The van der Waals surface area contributed by atoms with E-state index in [0.29, 0.717) is 6.10 Å². The largest absolute Gasteiger partial charge is 0.508 e. The molecular formula is C52H70N4O6. The van der Waals surface area contributed by atoms with E-state index in [2.05, 4.69) is 46.8 Å². The Morgan fingerprint density at radius 1 is 0.629 bits per heavy atom. The van der Waals surface area contributed by atoms with Crippen LogP contribution in [0.1, 0.15) is 160 Å². The summed E-state index contributed by atoms with van der Waals surface area (Å²) in [7, 11) is 1.50. The van der Waals surface area contributed by atoms with Crippen LogP contribution in [0.3, 0.4) is 0 Å². The van der Waals surface area contributed by atoms with Crippen molar-refractivity contribution < 1.29 is 29.3 Å². The van der Waals surface area contributed by atoms with Gasteiger partial charge in [0.2, 0.25) is 0 Å². The Labute approximate surface area is 368 Å². The maximum absolute atomic E-state index is 12.1. The molecule has 334 valence electrons. The number of ether oxygens (including phenoxy) is 2. The van der Waals surface area contributed by atoms with Crippen LogP contribution in [-0.2, 0) is 27.4 Å². The number of aromatic nitrogens is 2. The number of aromatic hydroxyl groups is 1. The summed E-state index contributed by atoms with van der Waals surface area (Å²) < 4.78 is 11.2. The fourth-order valence-corrected chi connectivity index (χ4v) is 11.6. The smallest absolute Gasteiger partial charge is 0.311 e. The van der Waals surface area contributed by atoms with Crippen molar-refractivity contribution in [2.24, 2.45) is 16.7 Å². The molecule has 8 aliphatic rings. The molecule has 0 unspecified atom stereocenters. The summed E-state index contributed by atoms with van der Waals surface area (Å²) in [5, 5.41) is 28.7. The second-order valence-corrected chi connectivity index (χ2v) is 20.1. The fourth-order valence-electron chi connectivity index (χ4n) is 11.6. The van der Waals surface area contributed by atoms with E-state index in [1.807, 2.05) is 24.3 Å². The Balaban J connectivity index is 0.000000149. The predicted octanol–water partition coefficient (Wildman–Crippen LogP) is 11.1. The van der Waals surface area contributed by atoms with Gasteiger partial charge < -0.3 is 30.3 Å². The minimum Gasteiger partial charge on any atom is -0.508 e. The van der Waals surface area contributed by atoms with Crippen LogP contribution in [0.4, 0.5) is 0 Å². The zero-order chi connectivity index (χ0) is 43.2. The molecule has 12 rings (SSSR count). The molecule has 0 atom stereocenters. The molecule has 10 nitrogen and oxygen atoms in total. The molecule has 10 heteroatoms. The van der Waals surface area contributed by atoms with Gasteiger partial charge in [0.05, 0.1) is 46.5 Å². The minimum atomic E-state index is -0.598. The lowest BCUT2D eigenvalue weighted by atomic mass is 9.57. The molecule has 2 heterocycles. The Kier molecular flexibility index (Phi) is 13.7. The molecule has 4 bridgehead atoms. The first kappa shape index (κ1) is 44.3. The van der Waals surface area contributed by atoms with Crippen LogP contribution >= 0.6 is 0 Å². The average molecular weight is 847 g/mol. The highest BCUT2D eigenvalue weighted by Crippen LogP contribution is 2.54. The van der Waals surface area contributed by atoms with Gasteiger partial charge in [-0.05, 0) is 157 Å². The number of rotatable bonds is 10. The second kappa shape index (κ2) is 19.2. The molecule has 8 saturated carbocycles. The van der Waals surface area contributed by atoms with Gasteiger partial charge in [0.1, 0.15) is 11.5 Å². The third-order valence-electron chi connectivity index (χ3n) is 16.1. The topological polar surface area (TPSA) is 143 Å². The molecule has 0 saturated heterocycles. The molecule has 0 amide bonds. The number of nitrogens with zero attached hydrogens (tertiary/aromatic N) is 2. The molecule has 4 aromatic rings. The van der Waals surface area contributed by atoms with Crippen molar-refractivity contribution in [3.63, 3.8) is 0 Å². The number of methoxy groups -OCH3 is 1. The van der Waals surface area contributed by atoms with Crippen molar-refractivity contribution in [1.29, 1.82) is 0 Å². The Hall–Kier alpha value is -4.28. The summed E-state index contributed by atoms with van der Waals surface area (Å²) in [6.07, 6.45) is 25.0. The molecule has 0 spiro atoms. The first-order valence-corrected chi connectivity index (χ1v) is 24.0. The van der Waals surface area contributed by atoms with E-state index in [-0.39, 0.29) is 28.2 Å². The van der Waals surface area contributed by atoms with E-state index < -0.39 is 11.4 Å². The van der Waals surface area contributed by atoms with Gasteiger partial charge in [0.25, 0.3) is 0 Å². The Morgan fingerprint density at radius 2 is 1.11 bits per heavy atom. The van der Waals surface area contributed by atoms with Gasteiger partial charge in [-0.2, -0.15) is 0 Å². The molecule has 8 aliphatic carbocycles. The highest BCUT2D eigenvalue weighted by Gasteiger charge is 2.53. The van der Waals surface area contributed by atoms with Crippen molar-refractivity contribution in [3.8, 4) is 11.5 Å². The number of aliphatic carboxylic acids is 1. The molecule has 0 aliphatic heterocycles. The number of phenolic OH excluding ortho intramolecular Hbond substituents is 1. The number of benzene rings is 2. The fraction of sp³-hybridized carbons (Fsp3) is 0.615. The van der Waals surface area contributed by atoms with Crippen molar-refractivity contribution in [2.75, 3.05) is 7.11 Å². The zero-order valence-electron chi connectivity index (χ0n) is 37.3. The first-order valence-electron chi connectivity index (χ1n) is 24.0. The number of esters is 1. The summed E-state index contributed by atoms with van der Waals surface area (Å²) in [4.78, 5) is 33.3. The lowest BCUT2D eigenvalue weighted by Crippen LogP contribution is -2.56. The summed E-state index contributed by atoms with van der Waals surface area (Å²) in [5.74, 6) is 1.62. The number of carboxylic acids is 1. The number of pyridine rings is 2. The second-order valence-electron chi connectivity index (χ2n) is 20.1. The summed E-state index contributed by atoms with van der Waals surface area (Å²) in [6.45, 7) is 3.82. The van der Waals surface area contributed by atoms with E-state index >= 15 is 0 Å². The summed E-state index contributed by atoms with van der Waals surface area (Å²) in [6, 6.07) is 19.7. The summed E-state index contributed by atoms with van der Waals surface area (Å²) in [5.41, 5.74) is 3.46. The van der Waals surface area contributed by atoms with Gasteiger partial charge in [-0.25, -0.2) is 0 Å². The van der Waals surface area contributed by atoms with Crippen LogP contribution in [-0.4, -0.2) is 56.4 Å². The molecule has 2 aromatic heterocycles. The maximum Gasteiger partial charge on any atom is 0.311 e. The maximum atomic E-state index is 12.1. The molecule has 0 radical (unpaired) electrons. The third kappa shape index (κ3) is 10.2. The minimum absolute atomic E-state index is 0.0275. The van der Waals surface area contributed by atoms with Crippen molar-refractivity contribution >= 4 is 33.7 Å². The monoisotopic (exact) mass is 847 g/mol. The lowest BCUT2D eigenvalue weighted by molar-refractivity contribution is -0.160. The Morgan fingerprint density at radius 3 is 1.60 bits per heavy atom. The molecule has 62 heavy (non-hydrogen) atoms. The van der Waals surface area contributed by atoms with Crippen molar-refractivity contribution in [2.45, 2.75) is 178 Å². The van der Waals surface area contributed by atoms with Gasteiger partial charge in [0, 0.05) is 34.9 Å². The number of hydrogen-bond donors (Lipinski definition) is 4. The van der Waals surface area contributed by atoms with Crippen molar-refractivity contribution in [1.82, 2.24) is 20.6 Å². The average Bonchev–Trinajstić information content (AvgIpc) is 3.32. The number of fused-ring (bicyclic) bond motifs is 8. The standard InChI is InChI=1S/C25H32N2O3.C20H24N2O3.C7H14/c28-23(29)24-10-13-25(14-11-24,15-12-24)26-17-19-7-6-18-16-21(8-9-22(18)27-19)30-20-4-2-1-3-5-20;1-25-18(24)19-6-9-20(10-7-19,11-8-19)21-13-15-3-2-14-12-16(23)4-5-17(14)22-15;1-7-5-3-2-4-6-7/h6-9,16,20,26H,1-5,10-15,17H2,(H,28,29);2-5,12,21,23H,6-11,13H2,1H3;7H,2-6H2,1H3. The predicted molar refractivity (Wildman–Crippen MR) is 244 cm³/mol.